The minimum Gasteiger partial charge on any atom is -0.351 e. The Balaban J connectivity index is 2.22. The van der Waals surface area contributed by atoms with E-state index in [-0.39, 0.29) is 17.4 Å². The standard InChI is InChI=1S/C10H20N2OS/c1-10(2)6-8(10)12-9(13)7(11)4-5-14-3/h7-8H,4-6,11H2,1-3H3,(H,12,13)/t7-,8?/m0/s1. The predicted octanol–water partition coefficient (Wildman–Crippen LogP) is 0.981. The number of carbonyl (C=O) groups is 1. The zero-order valence-electron chi connectivity index (χ0n) is 9.17. The molecule has 0 radical (unpaired) electrons. The third-order valence-corrected chi connectivity index (χ3v) is 3.44. The normalized spacial score (nSPS) is 25.6. The Bertz CT molecular complexity index is 218. The summed E-state index contributed by atoms with van der Waals surface area (Å²) in [4.78, 5) is 11.5. The van der Waals surface area contributed by atoms with E-state index < -0.39 is 0 Å². The molecule has 1 amide bonds. The molecule has 3 N–H and O–H groups in total. The zero-order chi connectivity index (χ0) is 10.8. The quantitative estimate of drug-likeness (QED) is 0.720. The summed E-state index contributed by atoms with van der Waals surface area (Å²) in [5.41, 5.74) is 6.03. The molecular formula is C10H20N2OS. The molecule has 0 aromatic heterocycles. The van der Waals surface area contributed by atoms with Gasteiger partial charge in [-0.15, -0.1) is 0 Å². The Kier molecular flexibility index (Phi) is 3.84. The first-order chi connectivity index (χ1) is 6.47. The van der Waals surface area contributed by atoms with E-state index >= 15 is 0 Å². The van der Waals surface area contributed by atoms with Gasteiger partial charge >= 0.3 is 0 Å². The van der Waals surface area contributed by atoms with Gasteiger partial charge in [-0.1, -0.05) is 13.8 Å². The minimum absolute atomic E-state index is 0.00891. The van der Waals surface area contributed by atoms with Gasteiger partial charge in [-0.05, 0) is 30.3 Å². The van der Waals surface area contributed by atoms with E-state index in [2.05, 4.69) is 19.2 Å². The van der Waals surface area contributed by atoms with Crippen LogP contribution in [0.15, 0.2) is 0 Å². The van der Waals surface area contributed by atoms with Gasteiger partial charge in [-0.2, -0.15) is 11.8 Å². The van der Waals surface area contributed by atoms with Gasteiger partial charge in [0, 0.05) is 6.04 Å². The fourth-order valence-corrected chi connectivity index (χ4v) is 1.86. The van der Waals surface area contributed by atoms with Crippen LogP contribution in [0.5, 0.6) is 0 Å². The SMILES string of the molecule is CSCC[C@H](N)C(=O)NC1CC1(C)C. The summed E-state index contributed by atoms with van der Waals surface area (Å²) in [6.45, 7) is 4.32. The molecule has 4 heteroatoms. The van der Waals surface area contributed by atoms with Crippen LogP contribution in [0.2, 0.25) is 0 Å². The summed E-state index contributed by atoms with van der Waals surface area (Å²) in [6.07, 6.45) is 3.86. The number of carbonyl (C=O) groups excluding carboxylic acids is 1. The molecule has 14 heavy (non-hydrogen) atoms. The van der Waals surface area contributed by atoms with Crippen molar-refractivity contribution in [3.63, 3.8) is 0 Å². The van der Waals surface area contributed by atoms with E-state index in [0.717, 1.165) is 18.6 Å². The van der Waals surface area contributed by atoms with E-state index in [1.165, 1.54) is 0 Å². The van der Waals surface area contributed by atoms with Gasteiger partial charge in [0.25, 0.3) is 0 Å². The number of thioether (sulfide) groups is 1. The summed E-state index contributed by atoms with van der Waals surface area (Å²) in [5, 5.41) is 2.98. The van der Waals surface area contributed by atoms with Crippen molar-refractivity contribution >= 4 is 17.7 Å². The van der Waals surface area contributed by atoms with E-state index in [1.807, 2.05) is 6.26 Å². The maximum atomic E-state index is 11.5. The van der Waals surface area contributed by atoms with Crippen LogP contribution in [-0.4, -0.2) is 30.0 Å². The number of rotatable bonds is 5. The molecule has 82 valence electrons. The van der Waals surface area contributed by atoms with Crippen molar-refractivity contribution in [2.24, 2.45) is 11.1 Å². The topological polar surface area (TPSA) is 55.1 Å². The lowest BCUT2D eigenvalue weighted by molar-refractivity contribution is -0.122. The number of hydrogen-bond donors (Lipinski definition) is 2. The van der Waals surface area contributed by atoms with Crippen LogP contribution in [0, 0.1) is 5.41 Å². The molecule has 1 fully saturated rings. The monoisotopic (exact) mass is 216 g/mol. The van der Waals surface area contributed by atoms with Crippen LogP contribution >= 0.6 is 11.8 Å². The summed E-state index contributed by atoms with van der Waals surface area (Å²) >= 11 is 1.72. The van der Waals surface area contributed by atoms with Gasteiger partial charge in [-0.25, -0.2) is 0 Å². The van der Waals surface area contributed by atoms with Crippen molar-refractivity contribution in [3.8, 4) is 0 Å². The molecule has 0 spiro atoms. The van der Waals surface area contributed by atoms with Gasteiger partial charge in [0.05, 0.1) is 6.04 Å². The van der Waals surface area contributed by atoms with Crippen LogP contribution in [0.3, 0.4) is 0 Å². The molecule has 1 unspecified atom stereocenters. The average molecular weight is 216 g/mol. The number of nitrogens with one attached hydrogen (secondary N) is 1. The maximum absolute atomic E-state index is 11.5. The van der Waals surface area contributed by atoms with Crippen LogP contribution in [0.4, 0.5) is 0 Å². The molecular weight excluding hydrogens is 196 g/mol. The Morgan fingerprint density at radius 2 is 2.29 bits per heavy atom. The fourth-order valence-electron chi connectivity index (χ4n) is 1.37. The van der Waals surface area contributed by atoms with Crippen molar-refractivity contribution in [2.45, 2.75) is 38.8 Å². The third-order valence-electron chi connectivity index (χ3n) is 2.80. The molecule has 1 aliphatic carbocycles. The molecule has 1 saturated carbocycles. The fraction of sp³-hybridized carbons (Fsp3) is 0.900. The largest absolute Gasteiger partial charge is 0.351 e. The second-order valence-corrected chi connectivity index (χ2v) is 5.63. The molecule has 0 heterocycles. The average Bonchev–Trinajstić information content (AvgIpc) is 2.69. The van der Waals surface area contributed by atoms with Gasteiger partial charge in [-0.3, -0.25) is 4.79 Å². The molecule has 1 aliphatic rings. The highest BCUT2D eigenvalue weighted by Crippen LogP contribution is 2.44. The van der Waals surface area contributed by atoms with Gasteiger partial charge in [0.1, 0.15) is 0 Å². The maximum Gasteiger partial charge on any atom is 0.237 e. The second-order valence-electron chi connectivity index (χ2n) is 4.64. The Hall–Kier alpha value is -0.220. The molecule has 1 rings (SSSR count). The highest BCUT2D eigenvalue weighted by molar-refractivity contribution is 7.98. The lowest BCUT2D eigenvalue weighted by Crippen LogP contribution is -2.42. The molecule has 3 nitrogen and oxygen atoms in total. The van der Waals surface area contributed by atoms with Crippen molar-refractivity contribution < 1.29 is 4.79 Å². The van der Waals surface area contributed by atoms with E-state index in [4.69, 9.17) is 5.73 Å². The van der Waals surface area contributed by atoms with Crippen LogP contribution in [-0.2, 0) is 4.79 Å². The summed E-state index contributed by atoms with van der Waals surface area (Å²) in [6, 6.07) is 0.00850. The van der Waals surface area contributed by atoms with Crippen molar-refractivity contribution in [1.82, 2.24) is 5.32 Å². The van der Waals surface area contributed by atoms with Crippen LogP contribution < -0.4 is 11.1 Å². The van der Waals surface area contributed by atoms with E-state index in [0.29, 0.717) is 6.04 Å². The Morgan fingerprint density at radius 3 is 2.71 bits per heavy atom. The molecule has 0 saturated heterocycles. The molecule has 0 aromatic carbocycles. The van der Waals surface area contributed by atoms with E-state index in [9.17, 15) is 4.79 Å². The summed E-state index contributed by atoms with van der Waals surface area (Å²) in [5.74, 6) is 0.956. The first kappa shape index (κ1) is 11.9. The minimum atomic E-state index is -0.334. The van der Waals surface area contributed by atoms with Gasteiger partial charge < -0.3 is 11.1 Å². The van der Waals surface area contributed by atoms with Crippen LogP contribution in [0.25, 0.3) is 0 Å². The number of hydrogen-bond acceptors (Lipinski definition) is 3. The zero-order valence-corrected chi connectivity index (χ0v) is 9.99. The molecule has 0 aromatic rings. The molecule has 0 aliphatic heterocycles. The third kappa shape index (κ3) is 3.17. The Morgan fingerprint density at radius 1 is 1.71 bits per heavy atom. The molecule has 0 bridgehead atoms. The highest BCUT2D eigenvalue weighted by Gasteiger charge is 2.46. The highest BCUT2D eigenvalue weighted by atomic mass is 32.2. The lowest BCUT2D eigenvalue weighted by atomic mass is 10.2. The predicted molar refractivity (Wildman–Crippen MR) is 61.3 cm³/mol. The summed E-state index contributed by atoms with van der Waals surface area (Å²) < 4.78 is 0. The van der Waals surface area contributed by atoms with Gasteiger partial charge in [0.15, 0.2) is 0 Å². The van der Waals surface area contributed by atoms with E-state index in [1.54, 1.807) is 11.8 Å². The number of amides is 1. The Labute approximate surface area is 90.2 Å². The second kappa shape index (κ2) is 4.53. The first-order valence-corrected chi connectivity index (χ1v) is 6.41. The lowest BCUT2D eigenvalue weighted by Gasteiger charge is -2.12. The van der Waals surface area contributed by atoms with Crippen molar-refractivity contribution in [3.05, 3.63) is 0 Å². The first-order valence-electron chi connectivity index (χ1n) is 5.02. The van der Waals surface area contributed by atoms with Crippen LogP contribution in [0.1, 0.15) is 26.7 Å². The summed E-state index contributed by atoms with van der Waals surface area (Å²) in [7, 11) is 0. The van der Waals surface area contributed by atoms with Gasteiger partial charge in [0.2, 0.25) is 5.91 Å². The molecule has 2 atom stereocenters. The number of nitrogens with two attached hydrogens (primary N) is 1. The van der Waals surface area contributed by atoms with Crippen molar-refractivity contribution in [1.29, 1.82) is 0 Å². The van der Waals surface area contributed by atoms with Crippen molar-refractivity contribution in [2.75, 3.05) is 12.0 Å². The smallest absolute Gasteiger partial charge is 0.237 e.